The van der Waals surface area contributed by atoms with Crippen molar-refractivity contribution >= 4 is 18.3 Å². The first-order valence-electron chi connectivity index (χ1n) is 9.32. The zero-order chi connectivity index (χ0) is 18.2. The number of piperidine rings is 1. The van der Waals surface area contributed by atoms with Gasteiger partial charge in [0, 0.05) is 24.6 Å². The van der Waals surface area contributed by atoms with E-state index in [0.29, 0.717) is 13.2 Å². The molecule has 0 aliphatic carbocycles. The second-order valence-corrected chi connectivity index (χ2v) is 7.19. The summed E-state index contributed by atoms with van der Waals surface area (Å²) < 4.78 is 5.45. The van der Waals surface area contributed by atoms with Crippen LogP contribution in [0.1, 0.15) is 34.3 Å². The largest absolute Gasteiger partial charge is 0.384 e. The molecule has 3 rings (SSSR count). The fraction of sp³-hybridized carbons (Fsp3) is 0.409. The number of ether oxygens (including phenoxy) is 1. The quantitative estimate of drug-likeness (QED) is 0.763. The van der Waals surface area contributed by atoms with Gasteiger partial charge in [0.05, 0.1) is 6.61 Å². The van der Waals surface area contributed by atoms with Crippen molar-refractivity contribution in [3.8, 4) is 0 Å². The number of nitrogens with one attached hydrogen (secondary N) is 2. The van der Waals surface area contributed by atoms with Gasteiger partial charge in [-0.15, -0.1) is 12.4 Å². The van der Waals surface area contributed by atoms with Gasteiger partial charge in [0.15, 0.2) is 0 Å². The summed E-state index contributed by atoms with van der Waals surface area (Å²) in [6, 6.07) is 18.1. The van der Waals surface area contributed by atoms with Crippen LogP contribution in [0, 0.1) is 5.41 Å². The van der Waals surface area contributed by atoms with E-state index >= 15 is 0 Å². The molecule has 146 valence electrons. The summed E-state index contributed by atoms with van der Waals surface area (Å²) in [5, 5.41) is 6.56. The standard InChI is InChI=1S/C22H28N2O2.ClH/c1-26-17-22(11-13-23-14-12-22)16-24-21(25)20-10-6-5-9-19(20)15-18-7-3-2-4-8-18;/h2-10,23H,11-17H2,1H3,(H,24,25);1H. The molecule has 1 aliphatic heterocycles. The van der Waals surface area contributed by atoms with Crippen LogP contribution in [0.2, 0.25) is 0 Å². The van der Waals surface area contributed by atoms with Crippen LogP contribution in [0.5, 0.6) is 0 Å². The van der Waals surface area contributed by atoms with E-state index in [1.54, 1.807) is 7.11 Å². The van der Waals surface area contributed by atoms with Crippen molar-refractivity contribution in [1.82, 2.24) is 10.6 Å². The van der Waals surface area contributed by atoms with Gasteiger partial charge in [-0.1, -0.05) is 48.5 Å². The Morgan fingerprint density at radius 2 is 1.74 bits per heavy atom. The third kappa shape index (κ3) is 5.80. The third-order valence-corrected chi connectivity index (χ3v) is 5.24. The Hall–Kier alpha value is -1.88. The van der Waals surface area contributed by atoms with Crippen LogP contribution >= 0.6 is 12.4 Å². The Kier molecular flexibility index (Phi) is 8.29. The van der Waals surface area contributed by atoms with Crippen molar-refractivity contribution in [2.24, 2.45) is 5.41 Å². The number of carbonyl (C=O) groups excluding carboxylic acids is 1. The van der Waals surface area contributed by atoms with Gasteiger partial charge >= 0.3 is 0 Å². The molecule has 0 saturated carbocycles. The molecular weight excluding hydrogens is 360 g/mol. The molecule has 1 heterocycles. The van der Waals surface area contributed by atoms with E-state index in [-0.39, 0.29) is 23.7 Å². The van der Waals surface area contributed by atoms with E-state index in [1.807, 2.05) is 42.5 Å². The Morgan fingerprint density at radius 3 is 2.44 bits per heavy atom. The SMILES string of the molecule is COCC1(CNC(=O)c2ccccc2Cc2ccccc2)CCNCC1.Cl. The van der Waals surface area contributed by atoms with Crippen LogP contribution in [0.4, 0.5) is 0 Å². The molecule has 0 atom stereocenters. The number of hydrogen-bond acceptors (Lipinski definition) is 3. The molecular formula is C22H29ClN2O2. The maximum absolute atomic E-state index is 12.9. The van der Waals surface area contributed by atoms with Crippen LogP contribution in [-0.4, -0.2) is 39.3 Å². The van der Waals surface area contributed by atoms with Gasteiger partial charge in [0.25, 0.3) is 5.91 Å². The number of rotatable bonds is 7. The predicted molar refractivity (Wildman–Crippen MR) is 112 cm³/mol. The van der Waals surface area contributed by atoms with Crippen LogP contribution in [0.25, 0.3) is 0 Å². The fourth-order valence-corrected chi connectivity index (χ4v) is 3.71. The van der Waals surface area contributed by atoms with Gasteiger partial charge in [-0.05, 0) is 49.5 Å². The summed E-state index contributed by atoms with van der Waals surface area (Å²) in [6.45, 7) is 3.29. The van der Waals surface area contributed by atoms with Crippen LogP contribution in [-0.2, 0) is 11.2 Å². The van der Waals surface area contributed by atoms with E-state index in [2.05, 4.69) is 22.8 Å². The number of halogens is 1. The maximum Gasteiger partial charge on any atom is 0.251 e. The molecule has 1 aliphatic rings. The van der Waals surface area contributed by atoms with Crippen molar-refractivity contribution in [2.75, 3.05) is 33.4 Å². The minimum absolute atomic E-state index is 0. The van der Waals surface area contributed by atoms with E-state index in [1.165, 1.54) is 5.56 Å². The zero-order valence-electron chi connectivity index (χ0n) is 15.9. The smallest absolute Gasteiger partial charge is 0.251 e. The highest BCUT2D eigenvalue weighted by molar-refractivity contribution is 5.95. The minimum Gasteiger partial charge on any atom is -0.384 e. The van der Waals surface area contributed by atoms with Crippen molar-refractivity contribution in [1.29, 1.82) is 0 Å². The lowest BCUT2D eigenvalue weighted by molar-refractivity contribution is 0.0511. The lowest BCUT2D eigenvalue weighted by Gasteiger charge is -2.37. The minimum atomic E-state index is 0. The summed E-state index contributed by atoms with van der Waals surface area (Å²) in [5.74, 6) is 0.00513. The number of carbonyl (C=O) groups is 1. The summed E-state index contributed by atoms with van der Waals surface area (Å²) in [4.78, 5) is 12.9. The fourth-order valence-electron chi connectivity index (χ4n) is 3.71. The summed E-state index contributed by atoms with van der Waals surface area (Å²) >= 11 is 0. The number of benzene rings is 2. The topological polar surface area (TPSA) is 50.4 Å². The van der Waals surface area contributed by atoms with Gasteiger partial charge in [-0.2, -0.15) is 0 Å². The average Bonchev–Trinajstić information content (AvgIpc) is 2.68. The van der Waals surface area contributed by atoms with E-state index in [0.717, 1.165) is 43.5 Å². The molecule has 0 unspecified atom stereocenters. The summed E-state index contributed by atoms with van der Waals surface area (Å²) in [6.07, 6.45) is 2.80. The van der Waals surface area contributed by atoms with Crippen molar-refractivity contribution in [2.45, 2.75) is 19.3 Å². The van der Waals surface area contributed by atoms with Gasteiger partial charge in [-0.25, -0.2) is 0 Å². The molecule has 5 heteroatoms. The Bertz CT molecular complexity index is 710. The van der Waals surface area contributed by atoms with Crippen LogP contribution < -0.4 is 10.6 Å². The second kappa shape index (κ2) is 10.5. The van der Waals surface area contributed by atoms with Crippen molar-refractivity contribution in [3.63, 3.8) is 0 Å². The summed E-state index contributed by atoms with van der Waals surface area (Å²) in [7, 11) is 1.74. The van der Waals surface area contributed by atoms with Crippen molar-refractivity contribution < 1.29 is 9.53 Å². The Morgan fingerprint density at radius 1 is 1.07 bits per heavy atom. The molecule has 2 aromatic rings. The van der Waals surface area contributed by atoms with Gasteiger partial charge in [-0.3, -0.25) is 4.79 Å². The first kappa shape index (κ1) is 21.4. The molecule has 0 aromatic heterocycles. The normalized spacial score (nSPS) is 15.6. The van der Waals surface area contributed by atoms with E-state index in [9.17, 15) is 4.79 Å². The molecule has 4 nitrogen and oxygen atoms in total. The molecule has 0 spiro atoms. The van der Waals surface area contributed by atoms with Crippen molar-refractivity contribution in [3.05, 3.63) is 71.3 Å². The Balaban J connectivity index is 0.00000261. The van der Waals surface area contributed by atoms with Crippen LogP contribution in [0.15, 0.2) is 54.6 Å². The Labute approximate surface area is 168 Å². The number of amides is 1. The maximum atomic E-state index is 12.9. The molecule has 1 saturated heterocycles. The molecule has 2 aromatic carbocycles. The molecule has 27 heavy (non-hydrogen) atoms. The molecule has 0 radical (unpaired) electrons. The van der Waals surface area contributed by atoms with E-state index in [4.69, 9.17) is 4.74 Å². The predicted octanol–water partition coefficient (Wildman–Crippen LogP) is 3.45. The molecule has 1 fully saturated rings. The second-order valence-electron chi connectivity index (χ2n) is 7.19. The number of methoxy groups -OCH3 is 1. The highest BCUT2D eigenvalue weighted by Gasteiger charge is 2.32. The summed E-state index contributed by atoms with van der Waals surface area (Å²) in [5.41, 5.74) is 3.06. The van der Waals surface area contributed by atoms with Gasteiger partial charge < -0.3 is 15.4 Å². The third-order valence-electron chi connectivity index (χ3n) is 5.24. The van der Waals surface area contributed by atoms with E-state index < -0.39 is 0 Å². The highest BCUT2D eigenvalue weighted by atomic mass is 35.5. The lowest BCUT2D eigenvalue weighted by Crippen LogP contribution is -2.47. The zero-order valence-corrected chi connectivity index (χ0v) is 16.7. The average molecular weight is 389 g/mol. The first-order valence-corrected chi connectivity index (χ1v) is 9.32. The first-order chi connectivity index (χ1) is 12.7. The monoisotopic (exact) mass is 388 g/mol. The van der Waals surface area contributed by atoms with Crippen LogP contribution in [0.3, 0.4) is 0 Å². The molecule has 1 amide bonds. The molecule has 0 bridgehead atoms. The van der Waals surface area contributed by atoms with Gasteiger partial charge in [0.1, 0.15) is 0 Å². The molecule has 2 N–H and O–H groups in total. The van der Waals surface area contributed by atoms with Gasteiger partial charge in [0.2, 0.25) is 0 Å². The lowest BCUT2D eigenvalue weighted by atomic mass is 9.79. The number of hydrogen-bond donors (Lipinski definition) is 2. The highest BCUT2D eigenvalue weighted by Crippen LogP contribution is 2.28.